The number of aromatic nitrogens is 1. The molecule has 1 N–H and O–H groups in total. The van der Waals surface area contributed by atoms with Gasteiger partial charge in [-0.2, -0.15) is 0 Å². The number of amides is 2. The van der Waals surface area contributed by atoms with Gasteiger partial charge in [0.15, 0.2) is 6.61 Å². The molecule has 0 spiro atoms. The lowest BCUT2D eigenvalue weighted by molar-refractivity contribution is -0.118. The second kappa shape index (κ2) is 9.59. The van der Waals surface area contributed by atoms with Gasteiger partial charge in [-0.05, 0) is 31.2 Å². The van der Waals surface area contributed by atoms with Crippen molar-refractivity contribution in [3.05, 3.63) is 48.7 Å². The van der Waals surface area contributed by atoms with Crippen LogP contribution in [0.2, 0.25) is 0 Å². The van der Waals surface area contributed by atoms with Crippen molar-refractivity contribution < 1.29 is 19.1 Å². The molecule has 0 aliphatic carbocycles. The van der Waals surface area contributed by atoms with E-state index in [1.165, 1.54) is 0 Å². The predicted octanol–water partition coefficient (Wildman–Crippen LogP) is 2.38. The summed E-state index contributed by atoms with van der Waals surface area (Å²) in [7, 11) is 0. The molecule has 0 bridgehead atoms. The van der Waals surface area contributed by atoms with Crippen LogP contribution in [0.5, 0.6) is 5.75 Å². The highest BCUT2D eigenvalue weighted by Crippen LogP contribution is 2.17. The fourth-order valence-corrected chi connectivity index (χ4v) is 2.85. The van der Waals surface area contributed by atoms with E-state index in [9.17, 15) is 9.59 Å². The third-order valence-corrected chi connectivity index (χ3v) is 4.30. The molecule has 1 aliphatic heterocycles. The van der Waals surface area contributed by atoms with E-state index in [0.717, 1.165) is 5.69 Å². The molecule has 8 nitrogen and oxygen atoms in total. The summed E-state index contributed by atoms with van der Waals surface area (Å²) in [6.45, 7) is 4.72. The molecule has 1 aromatic carbocycles. The average molecular weight is 384 g/mol. The third kappa shape index (κ3) is 5.35. The zero-order chi connectivity index (χ0) is 19.8. The summed E-state index contributed by atoms with van der Waals surface area (Å²) in [5.41, 5.74) is 0.946. The number of hydrogen-bond donors (Lipinski definition) is 1. The normalized spacial score (nSPS) is 13.8. The molecule has 0 radical (unpaired) electrons. The van der Waals surface area contributed by atoms with Crippen LogP contribution >= 0.6 is 0 Å². The van der Waals surface area contributed by atoms with Crippen molar-refractivity contribution >= 4 is 23.5 Å². The fourth-order valence-electron chi connectivity index (χ4n) is 2.85. The molecule has 2 amide bonds. The molecular formula is C20H24N4O4. The van der Waals surface area contributed by atoms with E-state index in [2.05, 4.69) is 15.2 Å². The minimum Gasteiger partial charge on any atom is -0.484 e. The highest BCUT2D eigenvalue weighted by atomic mass is 16.6. The molecular weight excluding hydrogens is 360 g/mol. The summed E-state index contributed by atoms with van der Waals surface area (Å²) in [5, 5.41) is 2.72. The number of nitrogens with one attached hydrogen (secondary N) is 1. The highest BCUT2D eigenvalue weighted by Gasteiger charge is 2.22. The first-order chi connectivity index (χ1) is 13.7. The zero-order valence-electron chi connectivity index (χ0n) is 15.8. The minimum atomic E-state index is -0.271. The van der Waals surface area contributed by atoms with Crippen molar-refractivity contribution in [3.63, 3.8) is 0 Å². The number of ether oxygens (including phenoxy) is 2. The van der Waals surface area contributed by atoms with Gasteiger partial charge >= 0.3 is 6.09 Å². The van der Waals surface area contributed by atoms with Gasteiger partial charge in [-0.15, -0.1) is 0 Å². The van der Waals surface area contributed by atoms with E-state index in [1.54, 1.807) is 36.2 Å². The average Bonchev–Trinajstić information content (AvgIpc) is 2.74. The second-order valence-corrected chi connectivity index (χ2v) is 6.22. The maximum Gasteiger partial charge on any atom is 0.409 e. The van der Waals surface area contributed by atoms with Crippen LogP contribution in [0.15, 0.2) is 48.7 Å². The lowest BCUT2D eigenvalue weighted by Crippen LogP contribution is -2.49. The van der Waals surface area contributed by atoms with Crippen molar-refractivity contribution in [2.24, 2.45) is 0 Å². The molecule has 1 saturated heterocycles. The maximum atomic E-state index is 12.0. The first-order valence-corrected chi connectivity index (χ1v) is 9.26. The number of nitrogens with zero attached hydrogens (tertiary/aromatic N) is 3. The number of benzene rings is 1. The van der Waals surface area contributed by atoms with Crippen molar-refractivity contribution in [1.82, 2.24) is 9.88 Å². The van der Waals surface area contributed by atoms with Crippen molar-refractivity contribution in [1.29, 1.82) is 0 Å². The second-order valence-electron chi connectivity index (χ2n) is 6.22. The van der Waals surface area contributed by atoms with Gasteiger partial charge in [0, 0.05) is 26.2 Å². The molecule has 2 aromatic rings. The number of anilines is 2. The molecule has 0 saturated carbocycles. The Morgan fingerprint density at radius 3 is 2.46 bits per heavy atom. The first kappa shape index (κ1) is 19.5. The number of pyridine rings is 1. The number of hydrogen-bond acceptors (Lipinski definition) is 6. The predicted molar refractivity (Wildman–Crippen MR) is 106 cm³/mol. The van der Waals surface area contributed by atoms with Gasteiger partial charge in [0.1, 0.15) is 11.6 Å². The Hall–Kier alpha value is -3.29. The number of para-hydroxylation sites is 1. The van der Waals surface area contributed by atoms with Crippen LogP contribution in [0.3, 0.4) is 0 Å². The smallest absolute Gasteiger partial charge is 0.409 e. The zero-order valence-corrected chi connectivity index (χ0v) is 15.8. The van der Waals surface area contributed by atoms with Crippen molar-refractivity contribution in [2.75, 3.05) is 49.6 Å². The molecule has 0 atom stereocenters. The molecule has 1 fully saturated rings. The van der Waals surface area contributed by atoms with Crippen molar-refractivity contribution in [2.45, 2.75) is 6.92 Å². The van der Waals surface area contributed by atoms with Gasteiger partial charge in [0.2, 0.25) is 0 Å². The number of carbonyl (C=O) groups excluding carboxylic acids is 2. The van der Waals surface area contributed by atoms with Gasteiger partial charge in [-0.1, -0.05) is 18.2 Å². The Balaban J connectivity index is 1.46. The summed E-state index contributed by atoms with van der Waals surface area (Å²) in [4.78, 5) is 31.9. The van der Waals surface area contributed by atoms with Crippen LogP contribution in [-0.2, 0) is 9.53 Å². The molecule has 2 heterocycles. The van der Waals surface area contributed by atoms with Crippen molar-refractivity contribution in [3.8, 4) is 5.75 Å². The Kier molecular flexibility index (Phi) is 6.67. The number of rotatable bonds is 6. The van der Waals surface area contributed by atoms with Crippen LogP contribution in [0, 0.1) is 0 Å². The Bertz CT molecular complexity index is 775. The lowest BCUT2D eigenvalue weighted by atomic mass is 10.3. The molecule has 148 valence electrons. The molecule has 1 aromatic heterocycles. The van der Waals surface area contributed by atoms with E-state index < -0.39 is 0 Å². The standard InChI is InChI=1S/C20H24N4O4/c1-2-27-20(26)24-12-10-23(11-13-24)16-8-9-18(21-14-16)22-19(25)15-28-17-6-4-3-5-7-17/h3-9,14H,2,10-13,15H2,1H3,(H,21,22,25). The maximum absolute atomic E-state index is 12.0. The minimum absolute atomic E-state index is 0.0801. The lowest BCUT2D eigenvalue weighted by Gasteiger charge is -2.35. The van der Waals surface area contributed by atoms with Gasteiger partial charge in [0.25, 0.3) is 5.91 Å². The summed E-state index contributed by atoms with van der Waals surface area (Å²) in [5.74, 6) is 0.839. The fraction of sp³-hybridized carbons (Fsp3) is 0.350. The van der Waals surface area contributed by atoms with Gasteiger partial charge < -0.3 is 24.6 Å². The summed E-state index contributed by atoms with van der Waals surface area (Å²) in [6, 6.07) is 12.8. The topological polar surface area (TPSA) is 84.0 Å². The summed E-state index contributed by atoms with van der Waals surface area (Å²) >= 11 is 0. The van der Waals surface area contributed by atoms with E-state index in [4.69, 9.17) is 9.47 Å². The number of carbonyl (C=O) groups is 2. The van der Waals surface area contributed by atoms with Gasteiger partial charge in [0.05, 0.1) is 18.5 Å². The van der Waals surface area contributed by atoms with Crippen LogP contribution in [0.25, 0.3) is 0 Å². The largest absolute Gasteiger partial charge is 0.484 e. The van der Waals surface area contributed by atoms with Gasteiger partial charge in [-0.25, -0.2) is 9.78 Å². The van der Waals surface area contributed by atoms with Crippen LogP contribution in [0.1, 0.15) is 6.92 Å². The quantitative estimate of drug-likeness (QED) is 0.823. The summed E-state index contributed by atoms with van der Waals surface area (Å²) in [6.07, 6.45) is 1.45. The molecule has 8 heteroatoms. The van der Waals surface area contributed by atoms with E-state index in [1.807, 2.05) is 24.3 Å². The molecule has 28 heavy (non-hydrogen) atoms. The summed E-state index contributed by atoms with van der Waals surface area (Å²) < 4.78 is 10.4. The van der Waals surface area contributed by atoms with Gasteiger partial charge in [-0.3, -0.25) is 4.79 Å². The number of piperazine rings is 1. The van der Waals surface area contributed by atoms with Crippen LogP contribution in [-0.4, -0.2) is 61.3 Å². The van der Waals surface area contributed by atoms with E-state index in [-0.39, 0.29) is 18.6 Å². The monoisotopic (exact) mass is 384 g/mol. The molecule has 1 aliphatic rings. The molecule has 3 rings (SSSR count). The Morgan fingerprint density at radius 2 is 1.82 bits per heavy atom. The Morgan fingerprint density at radius 1 is 1.07 bits per heavy atom. The van der Waals surface area contributed by atoms with E-state index >= 15 is 0 Å². The third-order valence-electron chi connectivity index (χ3n) is 4.30. The first-order valence-electron chi connectivity index (χ1n) is 9.26. The highest BCUT2D eigenvalue weighted by molar-refractivity contribution is 5.91. The van der Waals surface area contributed by atoms with E-state index in [0.29, 0.717) is 44.4 Å². The Labute approximate surface area is 164 Å². The van der Waals surface area contributed by atoms with Crippen LogP contribution < -0.4 is 15.0 Å². The van der Waals surface area contributed by atoms with Crippen LogP contribution in [0.4, 0.5) is 16.3 Å². The molecule has 0 unspecified atom stereocenters. The SMILES string of the molecule is CCOC(=O)N1CCN(c2ccc(NC(=O)COc3ccccc3)nc2)CC1.